The van der Waals surface area contributed by atoms with Crippen molar-refractivity contribution in [3.63, 3.8) is 0 Å². The summed E-state index contributed by atoms with van der Waals surface area (Å²) in [7, 11) is 3.18. The van der Waals surface area contributed by atoms with Crippen LogP contribution in [0, 0.1) is 0 Å². The van der Waals surface area contributed by atoms with Crippen molar-refractivity contribution in [2.45, 2.75) is 33.4 Å². The van der Waals surface area contributed by atoms with Crippen molar-refractivity contribution in [1.82, 2.24) is 14.5 Å². The van der Waals surface area contributed by atoms with Crippen LogP contribution in [0.4, 0.5) is 4.79 Å². The van der Waals surface area contributed by atoms with E-state index in [1.54, 1.807) is 29.4 Å². The lowest BCUT2D eigenvalue weighted by molar-refractivity contribution is 0.248. The maximum absolute atomic E-state index is 13.4. The topological polar surface area (TPSA) is 113 Å². The van der Waals surface area contributed by atoms with Gasteiger partial charge < -0.3 is 20.5 Å². The van der Waals surface area contributed by atoms with Gasteiger partial charge in [0.05, 0.1) is 19.9 Å². The quantitative estimate of drug-likeness (QED) is 0.642. The number of primary amides is 1. The van der Waals surface area contributed by atoms with Crippen molar-refractivity contribution in [1.29, 1.82) is 0 Å². The molecule has 1 aliphatic rings. The summed E-state index contributed by atoms with van der Waals surface area (Å²) in [6, 6.07) is 5.08. The fourth-order valence-corrected chi connectivity index (χ4v) is 3.66. The predicted octanol–water partition coefficient (Wildman–Crippen LogP) is 1.94. The summed E-state index contributed by atoms with van der Waals surface area (Å²) in [4.78, 5) is 29.3. The molecule has 0 aliphatic carbocycles. The van der Waals surface area contributed by atoms with E-state index >= 15 is 0 Å². The Hall–Kier alpha value is -3.75. The maximum atomic E-state index is 13.4. The lowest BCUT2D eigenvalue weighted by Crippen LogP contribution is -2.44. The van der Waals surface area contributed by atoms with E-state index < -0.39 is 6.03 Å². The summed E-state index contributed by atoms with van der Waals surface area (Å²) in [5, 5.41) is 2.53. The number of ether oxygens (including phenoxy) is 2. The predicted molar refractivity (Wildman–Crippen MR) is 123 cm³/mol. The normalized spacial score (nSPS) is 13.6. The SMILES string of the molecule is C=C/C(C)=C(C)/N=c1\cc2n(c(=O)n1CCNC(N)=O)CCc1cc(OC)c(OC)cc1-2. The number of allylic oxidation sites excluding steroid dienone is 3. The Bertz CT molecular complexity index is 1220. The van der Waals surface area contributed by atoms with Gasteiger partial charge in [-0.15, -0.1) is 0 Å². The van der Waals surface area contributed by atoms with E-state index in [-0.39, 0.29) is 18.8 Å². The number of carbonyl (C=O) groups excluding carboxylic acids is 1. The van der Waals surface area contributed by atoms with Crippen LogP contribution >= 0.6 is 0 Å². The fourth-order valence-electron chi connectivity index (χ4n) is 3.66. The summed E-state index contributed by atoms with van der Waals surface area (Å²) < 4.78 is 14.2. The Balaban J connectivity index is 2.27. The molecular weight excluding hydrogens is 410 g/mol. The van der Waals surface area contributed by atoms with Crippen molar-refractivity contribution in [3.8, 4) is 22.8 Å². The molecule has 9 nitrogen and oxygen atoms in total. The Morgan fingerprint density at radius 2 is 1.94 bits per heavy atom. The zero-order chi connectivity index (χ0) is 23.4. The number of amides is 2. The molecule has 32 heavy (non-hydrogen) atoms. The molecule has 170 valence electrons. The number of rotatable bonds is 7. The molecule has 3 rings (SSSR count). The van der Waals surface area contributed by atoms with Gasteiger partial charge in [0, 0.05) is 37.0 Å². The Kier molecular flexibility index (Phi) is 6.87. The zero-order valence-corrected chi connectivity index (χ0v) is 18.9. The molecular formula is C23H29N5O4. The van der Waals surface area contributed by atoms with Crippen LogP contribution in [-0.2, 0) is 19.5 Å². The molecule has 1 aromatic heterocycles. The highest BCUT2D eigenvalue weighted by Crippen LogP contribution is 2.37. The van der Waals surface area contributed by atoms with Gasteiger partial charge in [-0.1, -0.05) is 12.7 Å². The third-order valence-electron chi connectivity index (χ3n) is 5.58. The van der Waals surface area contributed by atoms with Crippen LogP contribution in [0.15, 0.2) is 51.9 Å². The van der Waals surface area contributed by atoms with Gasteiger partial charge >= 0.3 is 11.7 Å². The van der Waals surface area contributed by atoms with Gasteiger partial charge in [-0.25, -0.2) is 14.6 Å². The minimum Gasteiger partial charge on any atom is -0.493 e. The van der Waals surface area contributed by atoms with Crippen LogP contribution in [0.3, 0.4) is 0 Å². The average Bonchev–Trinajstić information content (AvgIpc) is 2.78. The number of benzene rings is 1. The van der Waals surface area contributed by atoms with Crippen molar-refractivity contribution in [2.24, 2.45) is 10.7 Å². The first kappa shape index (κ1) is 22.9. The molecule has 2 amide bonds. The van der Waals surface area contributed by atoms with E-state index in [0.29, 0.717) is 30.0 Å². The minimum absolute atomic E-state index is 0.210. The average molecular weight is 440 g/mol. The number of hydrogen-bond acceptors (Lipinski definition) is 5. The van der Waals surface area contributed by atoms with Gasteiger partial charge in [-0.3, -0.25) is 9.13 Å². The van der Waals surface area contributed by atoms with Gasteiger partial charge in [0.25, 0.3) is 0 Å². The molecule has 2 aromatic rings. The third kappa shape index (κ3) is 4.46. The van der Waals surface area contributed by atoms with Crippen molar-refractivity contribution >= 4 is 6.03 Å². The Morgan fingerprint density at radius 1 is 1.25 bits per heavy atom. The highest BCUT2D eigenvalue weighted by molar-refractivity contribution is 5.71. The number of nitrogens with one attached hydrogen (secondary N) is 1. The zero-order valence-electron chi connectivity index (χ0n) is 18.9. The summed E-state index contributed by atoms with van der Waals surface area (Å²) in [6.45, 7) is 8.52. The van der Waals surface area contributed by atoms with Crippen LogP contribution in [0.5, 0.6) is 11.5 Å². The molecule has 0 spiro atoms. The number of hydrogen-bond donors (Lipinski definition) is 2. The largest absolute Gasteiger partial charge is 0.493 e. The molecule has 0 atom stereocenters. The van der Waals surface area contributed by atoms with Crippen LogP contribution in [0.25, 0.3) is 11.3 Å². The van der Waals surface area contributed by atoms with Gasteiger partial charge in [0.15, 0.2) is 11.5 Å². The first-order valence-corrected chi connectivity index (χ1v) is 10.3. The number of carbonyl (C=O) groups is 1. The number of urea groups is 1. The number of methoxy groups -OCH3 is 2. The van der Waals surface area contributed by atoms with Crippen molar-refractivity contribution in [2.75, 3.05) is 20.8 Å². The molecule has 1 aromatic carbocycles. The first-order valence-electron chi connectivity index (χ1n) is 10.3. The number of nitrogens with zero attached hydrogens (tertiary/aromatic N) is 3. The summed E-state index contributed by atoms with van der Waals surface area (Å²) in [5.41, 5.74) is 9.80. The van der Waals surface area contributed by atoms with Crippen molar-refractivity contribution in [3.05, 3.63) is 63.7 Å². The molecule has 3 N–H and O–H groups in total. The maximum Gasteiger partial charge on any atom is 0.330 e. The monoisotopic (exact) mass is 439 g/mol. The molecule has 2 heterocycles. The minimum atomic E-state index is -0.643. The molecule has 0 fully saturated rings. The summed E-state index contributed by atoms with van der Waals surface area (Å²) >= 11 is 0. The second-order valence-electron chi connectivity index (χ2n) is 7.46. The summed E-state index contributed by atoms with van der Waals surface area (Å²) in [5.74, 6) is 1.24. The Morgan fingerprint density at radius 3 is 2.56 bits per heavy atom. The number of fused-ring (bicyclic) bond motifs is 3. The lowest BCUT2D eigenvalue weighted by Gasteiger charge is -2.24. The van der Waals surface area contributed by atoms with Crippen LogP contribution < -0.4 is 31.7 Å². The van der Waals surface area contributed by atoms with Crippen LogP contribution in [0.2, 0.25) is 0 Å². The van der Waals surface area contributed by atoms with E-state index in [1.165, 1.54) is 0 Å². The lowest BCUT2D eigenvalue weighted by atomic mass is 9.97. The second kappa shape index (κ2) is 9.59. The fraction of sp³-hybridized carbons (Fsp3) is 0.348. The van der Waals surface area contributed by atoms with E-state index in [0.717, 1.165) is 28.1 Å². The van der Waals surface area contributed by atoms with E-state index in [2.05, 4.69) is 11.9 Å². The number of nitrogens with two attached hydrogens (primary N) is 1. The molecule has 9 heteroatoms. The van der Waals surface area contributed by atoms with Gasteiger partial charge in [-0.05, 0) is 43.5 Å². The van der Waals surface area contributed by atoms with E-state index in [9.17, 15) is 9.59 Å². The number of aromatic nitrogens is 2. The first-order chi connectivity index (χ1) is 15.3. The summed E-state index contributed by atoms with van der Waals surface area (Å²) in [6.07, 6.45) is 2.39. The highest BCUT2D eigenvalue weighted by atomic mass is 16.5. The van der Waals surface area contributed by atoms with Gasteiger partial charge in [-0.2, -0.15) is 0 Å². The molecule has 0 bridgehead atoms. The number of aryl methyl sites for hydroxylation is 1. The highest BCUT2D eigenvalue weighted by Gasteiger charge is 2.22. The standard InChI is InChI=1S/C23H29N5O4/c1-6-14(2)15(3)26-21-13-18-17-12-20(32-5)19(31-4)11-16(17)7-9-27(18)23(30)28(21)10-8-25-22(24)29/h6,11-13H,1,7-10H2,2-5H3,(H3,24,25,29)/b15-14+,26-21+. The smallest absolute Gasteiger partial charge is 0.330 e. The molecule has 1 aliphatic heterocycles. The molecule has 0 radical (unpaired) electrons. The van der Waals surface area contributed by atoms with E-state index in [1.807, 2.05) is 32.0 Å². The van der Waals surface area contributed by atoms with Crippen molar-refractivity contribution < 1.29 is 14.3 Å². The van der Waals surface area contributed by atoms with Crippen LogP contribution in [0.1, 0.15) is 19.4 Å². The molecule has 0 saturated carbocycles. The molecule has 0 saturated heterocycles. The Labute approximate surface area is 186 Å². The third-order valence-corrected chi connectivity index (χ3v) is 5.58. The molecule has 0 unspecified atom stereocenters. The van der Waals surface area contributed by atoms with Gasteiger partial charge in [0.2, 0.25) is 0 Å². The second-order valence-corrected chi connectivity index (χ2v) is 7.46. The van der Waals surface area contributed by atoms with Gasteiger partial charge in [0.1, 0.15) is 5.49 Å². The van der Waals surface area contributed by atoms with E-state index in [4.69, 9.17) is 20.2 Å². The van der Waals surface area contributed by atoms with Crippen LogP contribution in [-0.4, -0.2) is 35.9 Å².